The van der Waals surface area contributed by atoms with Crippen molar-refractivity contribution in [3.05, 3.63) is 24.3 Å². The Balaban J connectivity index is 2.40. The molecule has 1 aliphatic carbocycles. The molecule has 1 saturated carbocycles. The highest BCUT2D eigenvalue weighted by molar-refractivity contribution is 7.89. The van der Waals surface area contributed by atoms with E-state index in [0.29, 0.717) is 12.8 Å². The van der Waals surface area contributed by atoms with Crippen molar-refractivity contribution in [3.63, 3.8) is 0 Å². The van der Waals surface area contributed by atoms with E-state index in [9.17, 15) is 18.3 Å². The van der Waals surface area contributed by atoms with Crippen LogP contribution in [0, 0.1) is 0 Å². The van der Waals surface area contributed by atoms with E-state index in [1.807, 2.05) is 0 Å². The van der Waals surface area contributed by atoms with E-state index < -0.39 is 21.5 Å². The molecule has 4 N–H and O–H groups in total. The van der Waals surface area contributed by atoms with Crippen LogP contribution in [0.15, 0.2) is 29.2 Å². The number of nitrogens with two attached hydrogens (primary N) is 1. The van der Waals surface area contributed by atoms with Gasteiger partial charge in [-0.3, -0.25) is 0 Å². The average Bonchev–Trinajstić information content (AvgIpc) is 2.39. The van der Waals surface area contributed by atoms with E-state index in [0.717, 1.165) is 19.3 Å². The molecule has 0 aliphatic heterocycles. The van der Waals surface area contributed by atoms with Crippen LogP contribution in [0.3, 0.4) is 0 Å². The number of aliphatic carboxylic acids is 1. The van der Waals surface area contributed by atoms with Crippen molar-refractivity contribution in [1.29, 1.82) is 0 Å². The summed E-state index contributed by atoms with van der Waals surface area (Å²) in [6.07, 6.45) is 3.55. The summed E-state index contributed by atoms with van der Waals surface area (Å²) in [5.41, 5.74) is -0.863. The topological polar surface area (TPSA) is 109 Å². The molecule has 7 heteroatoms. The number of hydrogen-bond acceptors (Lipinski definition) is 4. The number of sulfonamides is 1. The molecule has 0 heterocycles. The Kier molecular flexibility index (Phi) is 4.01. The Bertz CT molecular complexity index is 607. The predicted molar refractivity (Wildman–Crippen MR) is 74.9 cm³/mol. The minimum absolute atomic E-state index is 0.0776. The van der Waals surface area contributed by atoms with E-state index in [1.54, 1.807) is 18.2 Å². The molecule has 0 aromatic heterocycles. The quantitative estimate of drug-likeness (QED) is 0.781. The molecule has 20 heavy (non-hydrogen) atoms. The number of carboxylic acids is 1. The summed E-state index contributed by atoms with van der Waals surface area (Å²) < 4.78 is 23.1. The van der Waals surface area contributed by atoms with Gasteiger partial charge in [0.15, 0.2) is 0 Å². The molecule has 0 spiro atoms. The predicted octanol–water partition coefficient (Wildman–Crippen LogP) is 1.53. The van der Waals surface area contributed by atoms with Crippen LogP contribution in [-0.2, 0) is 14.8 Å². The fourth-order valence-corrected chi connectivity index (χ4v) is 3.32. The van der Waals surface area contributed by atoms with Crippen LogP contribution >= 0.6 is 0 Å². The maximum absolute atomic E-state index is 11.6. The third kappa shape index (κ3) is 2.94. The number of benzene rings is 1. The number of carboxylic acid groups (broad SMARTS) is 1. The normalized spacial score (nSPS) is 18.4. The molecule has 0 atom stereocenters. The smallest absolute Gasteiger partial charge is 0.329 e. The zero-order chi connectivity index (χ0) is 14.8. The second kappa shape index (κ2) is 5.41. The Morgan fingerprint density at radius 2 is 1.80 bits per heavy atom. The van der Waals surface area contributed by atoms with Crippen molar-refractivity contribution in [2.75, 3.05) is 5.32 Å². The number of hydrogen-bond donors (Lipinski definition) is 3. The van der Waals surface area contributed by atoms with Gasteiger partial charge in [-0.15, -0.1) is 0 Å². The van der Waals surface area contributed by atoms with Gasteiger partial charge in [0, 0.05) is 0 Å². The first kappa shape index (κ1) is 14.8. The second-order valence-corrected chi connectivity index (χ2v) is 6.64. The Hall–Kier alpha value is -1.60. The number of rotatable bonds is 4. The lowest BCUT2D eigenvalue weighted by molar-refractivity contribution is -0.143. The summed E-state index contributed by atoms with van der Waals surface area (Å²) in [4.78, 5) is 11.5. The van der Waals surface area contributed by atoms with Crippen LogP contribution in [0.2, 0.25) is 0 Å². The number of anilines is 1. The second-order valence-electron chi connectivity index (χ2n) is 5.11. The molecule has 1 fully saturated rings. The molecule has 6 nitrogen and oxygen atoms in total. The van der Waals surface area contributed by atoms with E-state index in [2.05, 4.69) is 5.32 Å². The highest BCUT2D eigenvalue weighted by Crippen LogP contribution is 2.33. The molecule has 1 aromatic rings. The van der Waals surface area contributed by atoms with Gasteiger partial charge in [-0.25, -0.2) is 18.4 Å². The third-order valence-electron chi connectivity index (χ3n) is 3.68. The SMILES string of the molecule is NS(=O)(=O)c1ccccc1NC1(C(=O)O)CCCCC1. The van der Waals surface area contributed by atoms with Crippen molar-refractivity contribution >= 4 is 21.7 Å². The van der Waals surface area contributed by atoms with Crippen LogP contribution in [0.1, 0.15) is 32.1 Å². The monoisotopic (exact) mass is 298 g/mol. The first-order valence-electron chi connectivity index (χ1n) is 6.49. The van der Waals surface area contributed by atoms with Gasteiger partial charge in [0.1, 0.15) is 10.4 Å². The first-order chi connectivity index (χ1) is 9.35. The van der Waals surface area contributed by atoms with Crippen molar-refractivity contribution in [1.82, 2.24) is 0 Å². The molecule has 0 bridgehead atoms. The van der Waals surface area contributed by atoms with E-state index in [-0.39, 0.29) is 10.6 Å². The molecule has 0 unspecified atom stereocenters. The summed E-state index contributed by atoms with van der Waals surface area (Å²) in [5.74, 6) is -0.957. The van der Waals surface area contributed by atoms with Gasteiger partial charge in [0.05, 0.1) is 5.69 Å². The van der Waals surface area contributed by atoms with E-state index in [4.69, 9.17) is 5.14 Å². The summed E-state index contributed by atoms with van der Waals surface area (Å²) in [6, 6.07) is 6.11. The largest absolute Gasteiger partial charge is 0.480 e. The van der Waals surface area contributed by atoms with Crippen LogP contribution in [0.4, 0.5) is 5.69 Å². The Labute approximate surface area is 118 Å². The van der Waals surface area contributed by atoms with Gasteiger partial charge in [0.25, 0.3) is 0 Å². The fourth-order valence-electron chi connectivity index (χ4n) is 2.62. The van der Waals surface area contributed by atoms with Crippen molar-refractivity contribution in [3.8, 4) is 0 Å². The Morgan fingerprint density at radius 3 is 2.35 bits per heavy atom. The molecular weight excluding hydrogens is 280 g/mol. The van der Waals surface area contributed by atoms with Gasteiger partial charge in [-0.1, -0.05) is 31.4 Å². The van der Waals surface area contributed by atoms with Crippen molar-refractivity contribution in [2.45, 2.75) is 42.5 Å². The molecule has 0 saturated heterocycles. The van der Waals surface area contributed by atoms with Gasteiger partial charge in [-0.05, 0) is 25.0 Å². The van der Waals surface area contributed by atoms with Gasteiger partial charge in [0.2, 0.25) is 10.0 Å². The van der Waals surface area contributed by atoms with E-state index in [1.165, 1.54) is 6.07 Å². The first-order valence-corrected chi connectivity index (χ1v) is 8.03. The lowest BCUT2D eigenvalue weighted by atomic mass is 9.81. The highest BCUT2D eigenvalue weighted by atomic mass is 32.2. The van der Waals surface area contributed by atoms with Gasteiger partial charge in [-0.2, -0.15) is 0 Å². The summed E-state index contributed by atoms with van der Waals surface area (Å²) >= 11 is 0. The summed E-state index contributed by atoms with van der Waals surface area (Å²) in [7, 11) is -3.89. The summed E-state index contributed by atoms with van der Waals surface area (Å²) in [6.45, 7) is 0. The average molecular weight is 298 g/mol. The minimum Gasteiger partial charge on any atom is -0.480 e. The third-order valence-corrected chi connectivity index (χ3v) is 4.65. The zero-order valence-electron chi connectivity index (χ0n) is 11.0. The van der Waals surface area contributed by atoms with Crippen LogP contribution in [0.25, 0.3) is 0 Å². The van der Waals surface area contributed by atoms with Crippen LogP contribution in [0.5, 0.6) is 0 Å². The molecule has 2 rings (SSSR count). The standard InChI is InChI=1S/C13H18N2O4S/c14-20(18,19)11-7-3-2-6-10(11)15-13(12(16)17)8-4-1-5-9-13/h2-3,6-7,15H,1,4-5,8-9H2,(H,16,17)(H2,14,18,19). The lowest BCUT2D eigenvalue weighted by Gasteiger charge is -2.35. The lowest BCUT2D eigenvalue weighted by Crippen LogP contribution is -2.48. The highest BCUT2D eigenvalue weighted by Gasteiger charge is 2.40. The molecular formula is C13H18N2O4S. The molecule has 1 aliphatic rings. The molecule has 0 amide bonds. The van der Waals surface area contributed by atoms with Gasteiger partial charge < -0.3 is 10.4 Å². The van der Waals surface area contributed by atoms with Gasteiger partial charge >= 0.3 is 5.97 Å². The minimum atomic E-state index is -3.89. The van der Waals surface area contributed by atoms with Crippen LogP contribution < -0.4 is 10.5 Å². The summed E-state index contributed by atoms with van der Waals surface area (Å²) in [5, 5.41) is 17.6. The maximum atomic E-state index is 11.6. The maximum Gasteiger partial charge on any atom is 0.329 e. The Morgan fingerprint density at radius 1 is 1.20 bits per heavy atom. The van der Waals surface area contributed by atoms with Crippen LogP contribution in [-0.4, -0.2) is 25.0 Å². The van der Waals surface area contributed by atoms with Crippen molar-refractivity contribution in [2.24, 2.45) is 5.14 Å². The number of nitrogens with one attached hydrogen (secondary N) is 1. The number of carbonyl (C=O) groups is 1. The van der Waals surface area contributed by atoms with E-state index >= 15 is 0 Å². The van der Waals surface area contributed by atoms with Crippen molar-refractivity contribution < 1.29 is 18.3 Å². The molecule has 0 radical (unpaired) electrons. The zero-order valence-corrected chi connectivity index (χ0v) is 11.8. The molecule has 110 valence electrons. The number of primary sulfonamides is 1. The number of para-hydroxylation sites is 1. The fraction of sp³-hybridized carbons (Fsp3) is 0.462. The molecule has 1 aromatic carbocycles.